The summed E-state index contributed by atoms with van der Waals surface area (Å²) in [5, 5.41) is 0. The summed E-state index contributed by atoms with van der Waals surface area (Å²) >= 11 is 0. The Morgan fingerprint density at radius 3 is 2.48 bits per heavy atom. The van der Waals surface area contributed by atoms with Crippen LogP contribution in [0.1, 0.15) is 17.5 Å². The Hall–Kier alpha value is -1.12. The van der Waals surface area contributed by atoms with E-state index in [-0.39, 0.29) is 22.2 Å². The van der Waals surface area contributed by atoms with Crippen LogP contribution in [0.5, 0.6) is 5.75 Å². The summed E-state index contributed by atoms with van der Waals surface area (Å²) in [6.45, 7) is 3.54. The van der Waals surface area contributed by atoms with Crippen molar-refractivity contribution in [2.75, 3.05) is 18.6 Å². The molecule has 0 radical (unpaired) electrons. The van der Waals surface area contributed by atoms with Crippen molar-refractivity contribution < 1.29 is 21.6 Å². The van der Waals surface area contributed by atoms with Crippen LogP contribution in [0.15, 0.2) is 17.0 Å². The molecule has 0 saturated carbocycles. The molecule has 1 aliphatic heterocycles. The lowest BCUT2D eigenvalue weighted by atomic mass is 10.1. The van der Waals surface area contributed by atoms with Crippen molar-refractivity contribution in [2.24, 2.45) is 0 Å². The van der Waals surface area contributed by atoms with Crippen LogP contribution in [0.25, 0.3) is 0 Å². The lowest BCUT2D eigenvalue weighted by molar-refractivity contribution is 0.401. The molecular formula is C13H19NO5S2. The van der Waals surface area contributed by atoms with Gasteiger partial charge < -0.3 is 4.74 Å². The first kappa shape index (κ1) is 16.3. The Morgan fingerprint density at radius 1 is 1.29 bits per heavy atom. The second-order valence-electron chi connectivity index (χ2n) is 5.33. The monoisotopic (exact) mass is 333 g/mol. The summed E-state index contributed by atoms with van der Waals surface area (Å²) in [6.07, 6.45) is 0.300. The smallest absolute Gasteiger partial charge is 0.244 e. The highest BCUT2D eigenvalue weighted by atomic mass is 32.2. The zero-order valence-electron chi connectivity index (χ0n) is 12.2. The lowest BCUT2D eigenvalue weighted by Crippen LogP contribution is -2.36. The fourth-order valence-electron chi connectivity index (χ4n) is 2.58. The first-order valence-corrected chi connectivity index (χ1v) is 9.83. The number of sulfone groups is 1. The summed E-state index contributed by atoms with van der Waals surface area (Å²) < 4.78 is 55.6. The summed E-state index contributed by atoms with van der Waals surface area (Å²) in [5.41, 5.74) is 1.46. The molecule has 0 amide bonds. The summed E-state index contributed by atoms with van der Waals surface area (Å²) in [6, 6.07) is 2.82. The number of nitrogens with one attached hydrogen (secondary N) is 1. The summed E-state index contributed by atoms with van der Waals surface area (Å²) in [4.78, 5) is 0.0693. The highest BCUT2D eigenvalue weighted by Gasteiger charge is 2.33. The van der Waals surface area contributed by atoms with Gasteiger partial charge in [-0.15, -0.1) is 0 Å². The second-order valence-corrected chi connectivity index (χ2v) is 9.21. The fraction of sp³-hybridized carbons (Fsp3) is 0.538. The molecule has 1 N–H and O–H groups in total. The van der Waals surface area contributed by atoms with Gasteiger partial charge in [-0.1, -0.05) is 6.07 Å². The fourth-order valence-corrected chi connectivity index (χ4v) is 6.00. The SMILES string of the molecule is COc1cc(C)cc(C)c1S(=O)(=O)NC1CCS(=O)(=O)C1. The van der Waals surface area contributed by atoms with Crippen molar-refractivity contribution >= 4 is 19.9 Å². The van der Waals surface area contributed by atoms with Gasteiger partial charge in [-0.3, -0.25) is 0 Å². The third-order valence-corrected chi connectivity index (χ3v) is 6.90. The molecule has 0 spiro atoms. The molecule has 1 unspecified atom stereocenters. The third-order valence-electron chi connectivity index (χ3n) is 3.43. The molecule has 21 heavy (non-hydrogen) atoms. The first-order chi connectivity index (χ1) is 9.64. The number of ether oxygens (including phenoxy) is 1. The van der Waals surface area contributed by atoms with Gasteiger partial charge in [0.2, 0.25) is 10.0 Å². The number of methoxy groups -OCH3 is 1. The van der Waals surface area contributed by atoms with Crippen LogP contribution in [0, 0.1) is 13.8 Å². The first-order valence-electron chi connectivity index (χ1n) is 6.52. The Bertz CT molecular complexity index is 753. The van der Waals surface area contributed by atoms with Crippen LogP contribution in [-0.4, -0.2) is 41.5 Å². The maximum absolute atomic E-state index is 12.5. The highest BCUT2D eigenvalue weighted by molar-refractivity contribution is 7.92. The molecule has 0 aromatic heterocycles. The maximum Gasteiger partial charge on any atom is 0.244 e. The molecule has 118 valence electrons. The van der Waals surface area contributed by atoms with Crippen molar-refractivity contribution in [3.63, 3.8) is 0 Å². The standard InChI is InChI=1S/C13H19NO5S2/c1-9-6-10(2)13(12(7-9)19-3)21(17,18)14-11-4-5-20(15,16)8-11/h6-7,11,14H,4-5,8H2,1-3H3. The summed E-state index contributed by atoms with van der Waals surface area (Å²) in [7, 11) is -5.55. The van der Waals surface area contributed by atoms with E-state index in [1.54, 1.807) is 19.1 Å². The van der Waals surface area contributed by atoms with Crippen LogP contribution in [0.2, 0.25) is 0 Å². The summed E-state index contributed by atoms with van der Waals surface area (Å²) in [5.74, 6) is 0.129. The van der Waals surface area contributed by atoms with E-state index in [4.69, 9.17) is 4.74 Å². The van der Waals surface area contributed by atoms with Crippen LogP contribution >= 0.6 is 0 Å². The van der Waals surface area contributed by atoms with Gasteiger partial charge in [-0.05, 0) is 37.5 Å². The minimum atomic E-state index is -3.82. The van der Waals surface area contributed by atoms with Gasteiger partial charge in [0.05, 0.1) is 18.6 Å². The van der Waals surface area contributed by atoms with E-state index in [1.165, 1.54) is 7.11 Å². The molecule has 0 bridgehead atoms. The van der Waals surface area contributed by atoms with E-state index in [2.05, 4.69) is 4.72 Å². The number of rotatable bonds is 4. The molecule has 1 fully saturated rings. The Balaban J connectivity index is 2.37. The topological polar surface area (TPSA) is 89.5 Å². The second kappa shape index (κ2) is 5.58. The minimum Gasteiger partial charge on any atom is -0.495 e. The van der Waals surface area contributed by atoms with Crippen molar-refractivity contribution in [3.8, 4) is 5.75 Å². The molecular weight excluding hydrogens is 314 g/mol. The largest absolute Gasteiger partial charge is 0.495 e. The predicted molar refractivity (Wildman–Crippen MR) is 79.8 cm³/mol. The average Bonchev–Trinajstić information content (AvgIpc) is 2.65. The Morgan fingerprint density at radius 2 is 1.95 bits per heavy atom. The van der Waals surface area contributed by atoms with Gasteiger partial charge >= 0.3 is 0 Å². The maximum atomic E-state index is 12.5. The van der Waals surface area contributed by atoms with E-state index in [0.29, 0.717) is 12.0 Å². The van der Waals surface area contributed by atoms with E-state index in [0.717, 1.165) is 5.56 Å². The molecule has 1 aliphatic rings. The molecule has 1 atom stereocenters. The van der Waals surface area contributed by atoms with Crippen molar-refractivity contribution in [2.45, 2.75) is 31.2 Å². The molecule has 8 heteroatoms. The molecule has 6 nitrogen and oxygen atoms in total. The number of benzene rings is 1. The van der Waals surface area contributed by atoms with Gasteiger partial charge in [-0.25, -0.2) is 21.6 Å². The zero-order chi connectivity index (χ0) is 15.8. The van der Waals surface area contributed by atoms with Crippen LogP contribution < -0.4 is 9.46 Å². The molecule has 1 heterocycles. The van der Waals surface area contributed by atoms with Crippen molar-refractivity contribution in [1.82, 2.24) is 4.72 Å². The van der Waals surface area contributed by atoms with Crippen LogP contribution in [0.4, 0.5) is 0 Å². The molecule has 1 saturated heterocycles. The van der Waals surface area contributed by atoms with E-state index in [9.17, 15) is 16.8 Å². The van der Waals surface area contributed by atoms with Crippen LogP contribution in [0.3, 0.4) is 0 Å². The Kier molecular flexibility index (Phi) is 4.32. The third kappa shape index (κ3) is 3.56. The minimum absolute atomic E-state index is 0.0181. The molecule has 1 aromatic carbocycles. The number of hydrogen-bond donors (Lipinski definition) is 1. The predicted octanol–water partition coefficient (Wildman–Crippen LogP) is 0.777. The van der Waals surface area contributed by atoms with Gasteiger partial charge in [0.25, 0.3) is 0 Å². The van der Waals surface area contributed by atoms with Crippen LogP contribution in [-0.2, 0) is 19.9 Å². The number of hydrogen-bond acceptors (Lipinski definition) is 5. The number of sulfonamides is 1. The molecule has 1 aromatic rings. The van der Waals surface area contributed by atoms with Crippen molar-refractivity contribution in [3.05, 3.63) is 23.3 Å². The average molecular weight is 333 g/mol. The number of aryl methyl sites for hydroxylation is 2. The molecule has 2 rings (SSSR count). The molecule has 0 aliphatic carbocycles. The van der Waals surface area contributed by atoms with E-state index in [1.807, 2.05) is 6.92 Å². The quantitative estimate of drug-likeness (QED) is 0.879. The van der Waals surface area contributed by atoms with Gasteiger partial charge in [0.15, 0.2) is 9.84 Å². The zero-order valence-corrected chi connectivity index (χ0v) is 13.8. The normalized spacial score (nSPS) is 21.4. The van der Waals surface area contributed by atoms with Crippen molar-refractivity contribution in [1.29, 1.82) is 0 Å². The van der Waals surface area contributed by atoms with Gasteiger partial charge in [-0.2, -0.15) is 0 Å². The van der Waals surface area contributed by atoms with Gasteiger partial charge in [0, 0.05) is 6.04 Å². The van der Waals surface area contributed by atoms with E-state index < -0.39 is 25.9 Å². The Labute approximate surface area is 125 Å². The van der Waals surface area contributed by atoms with Gasteiger partial charge in [0.1, 0.15) is 10.6 Å². The highest BCUT2D eigenvalue weighted by Crippen LogP contribution is 2.29. The lowest BCUT2D eigenvalue weighted by Gasteiger charge is -2.16. The van der Waals surface area contributed by atoms with E-state index >= 15 is 0 Å².